The van der Waals surface area contributed by atoms with Crippen LogP contribution in [0.4, 0.5) is 0 Å². The summed E-state index contributed by atoms with van der Waals surface area (Å²) in [6, 6.07) is 7.24. The molecule has 0 bridgehead atoms. The molecule has 0 amide bonds. The zero-order valence-electron chi connectivity index (χ0n) is 7.80. The molecular formula is C10H12O3S. The summed E-state index contributed by atoms with van der Waals surface area (Å²) < 4.78 is 0. The Morgan fingerprint density at radius 3 is 2.86 bits per heavy atom. The molecule has 0 aromatic heterocycles. The van der Waals surface area contributed by atoms with Gasteiger partial charge in [0.1, 0.15) is 5.25 Å². The molecule has 0 fully saturated rings. The first kappa shape index (κ1) is 11.1. The number of aliphatic hydroxyl groups is 1. The van der Waals surface area contributed by atoms with Crippen LogP contribution in [0.5, 0.6) is 0 Å². The molecule has 0 saturated carbocycles. The molecule has 1 aromatic rings. The Kier molecular flexibility index (Phi) is 3.98. The molecule has 0 aliphatic heterocycles. The van der Waals surface area contributed by atoms with E-state index in [0.717, 1.165) is 10.5 Å². The van der Waals surface area contributed by atoms with Gasteiger partial charge in [0.05, 0.1) is 6.61 Å². The van der Waals surface area contributed by atoms with Gasteiger partial charge in [-0.2, -0.15) is 0 Å². The van der Waals surface area contributed by atoms with Crippen molar-refractivity contribution in [1.29, 1.82) is 0 Å². The predicted octanol–water partition coefficient (Wildman–Crippen LogP) is 1.74. The first-order valence-electron chi connectivity index (χ1n) is 4.22. The fraction of sp³-hybridized carbons (Fsp3) is 0.300. The number of hydrogen-bond acceptors (Lipinski definition) is 3. The molecule has 1 unspecified atom stereocenters. The quantitative estimate of drug-likeness (QED) is 0.746. The van der Waals surface area contributed by atoms with Crippen molar-refractivity contribution >= 4 is 17.7 Å². The zero-order valence-corrected chi connectivity index (χ0v) is 8.62. The van der Waals surface area contributed by atoms with Crippen LogP contribution in [0, 0.1) is 0 Å². The molecule has 1 aromatic carbocycles. The van der Waals surface area contributed by atoms with Crippen molar-refractivity contribution in [3.63, 3.8) is 0 Å². The summed E-state index contributed by atoms with van der Waals surface area (Å²) in [6.45, 7) is 1.62. The molecule has 0 heterocycles. The first-order valence-corrected chi connectivity index (χ1v) is 5.10. The summed E-state index contributed by atoms with van der Waals surface area (Å²) in [4.78, 5) is 11.5. The van der Waals surface area contributed by atoms with Crippen molar-refractivity contribution in [3.05, 3.63) is 29.8 Å². The van der Waals surface area contributed by atoms with Gasteiger partial charge in [-0.3, -0.25) is 4.79 Å². The number of benzene rings is 1. The Bertz CT molecular complexity index is 325. The minimum Gasteiger partial charge on any atom is -0.480 e. The van der Waals surface area contributed by atoms with E-state index in [1.54, 1.807) is 19.1 Å². The van der Waals surface area contributed by atoms with Crippen molar-refractivity contribution < 1.29 is 15.0 Å². The number of carbonyl (C=O) groups is 1. The van der Waals surface area contributed by atoms with E-state index in [1.165, 1.54) is 11.8 Å². The molecule has 14 heavy (non-hydrogen) atoms. The second kappa shape index (κ2) is 5.02. The van der Waals surface area contributed by atoms with Crippen LogP contribution >= 0.6 is 11.8 Å². The van der Waals surface area contributed by atoms with Crippen LogP contribution in [0.25, 0.3) is 0 Å². The van der Waals surface area contributed by atoms with E-state index in [0.29, 0.717) is 0 Å². The highest BCUT2D eigenvalue weighted by molar-refractivity contribution is 8.00. The van der Waals surface area contributed by atoms with Gasteiger partial charge in [-0.1, -0.05) is 12.1 Å². The van der Waals surface area contributed by atoms with Crippen molar-refractivity contribution in [1.82, 2.24) is 0 Å². The van der Waals surface area contributed by atoms with Crippen LogP contribution in [0.1, 0.15) is 12.5 Å². The van der Waals surface area contributed by atoms with Gasteiger partial charge < -0.3 is 10.2 Å². The number of rotatable bonds is 4. The first-order chi connectivity index (χ1) is 6.63. The van der Waals surface area contributed by atoms with E-state index in [2.05, 4.69) is 0 Å². The molecule has 2 N–H and O–H groups in total. The summed E-state index contributed by atoms with van der Waals surface area (Å²) in [5.41, 5.74) is 0.799. The molecule has 76 valence electrons. The average Bonchev–Trinajstić information content (AvgIpc) is 2.18. The molecule has 0 aliphatic rings. The highest BCUT2D eigenvalue weighted by Gasteiger charge is 2.12. The van der Waals surface area contributed by atoms with Crippen LogP contribution < -0.4 is 0 Å². The van der Waals surface area contributed by atoms with E-state index < -0.39 is 11.2 Å². The Balaban J connectivity index is 2.71. The third-order valence-electron chi connectivity index (χ3n) is 1.74. The molecular weight excluding hydrogens is 200 g/mol. The van der Waals surface area contributed by atoms with Gasteiger partial charge in [0, 0.05) is 4.90 Å². The van der Waals surface area contributed by atoms with Crippen molar-refractivity contribution in [2.75, 3.05) is 0 Å². The molecule has 0 saturated heterocycles. The maximum Gasteiger partial charge on any atom is 0.316 e. The second-order valence-corrected chi connectivity index (χ2v) is 4.32. The predicted molar refractivity (Wildman–Crippen MR) is 55.3 cm³/mol. The fourth-order valence-corrected chi connectivity index (χ4v) is 1.86. The van der Waals surface area contributed by atoms with Gasteiger partial charge in [-0.05, 0) is 24.6 Å². The summed E-state index contributed by atoms with van der Waals surface area (Å²) in [6.07, 6.45) is 0. The third kappa shape index (κ3) is 3.05. The Morgan fingerprint density at radius 2 is 2.29 bits per heavy atom. The molecule has 0 radical (unpaired) electrons. The van der Waals surface area contributed by atoms with Crippen LogP contribution in [0.15, 0.2) is 29.2 Å². The van der Waals surface area contributed by atoms with Gasteiger partial charge in [0.25, 0.3) is 0 Å². The Hall–Kier alpha value is -1.00. The number of thioether (sulfide) groups is 1. The monoisotopic (exact) mass is 212 g/mol. The highest BCUT2D eigenvalue weighted by Crippen LogP contribution is 2.23. The van der Waals surface area contributed by atoms with Gasteiger partial charge in [-0.15, -0.1) is 11.8 Å². The van der Waals surface area contributed by atoms with Gasteiger partial charge >= 0.3 is 5.97 Å². The lowest BCUT2D eigenvalue weighted by atomic mass is 10.2. The number of aliphatic hydroxyl groups excluding tert-OH is 1. The minimum absolute atomic E-state index is 0.0180. The summed E-state index contributed by atoms with van der Waals surface area (Å²) in [5.74, 6) is -0.829. The third-order valence-corrected chi connectivity index (χ3v) is 2.82. The van der Waals surface area contributed by atoms with Gasteiger partial charge in [0.15, 0.2) is 0 Å². The van der Waals surface area contributed by atoms with E-state index in [9.17, 15) is 4.79 Å². The molecule has 1 atom stereocenters. The maximum atomic E-state index is 10.6. The van der Waals surface area contributed by atoms with Gasteiger partial charge in [0.2, 0.25) is 0 Å². The Labute approximate surface area is 86.8 Å². The normalized spacial score (nSPS) is 12.4. The SMILES string of the molecule is CC(Sc1cccc(CO)c1)C(=O)O. The number of carboxylic acids is 1. The average molecular weight is 212 g/mol. The molecule has 0 spiro atoms. The molecule has 0 aliphatic carbocycles. The summed E-state index contributed by atoms with van der Waals surface area (Å²) in [7, 11) is 0. The topological polar surface area (TPSA) is 57.5 Å². The van der Waals surface area contributed by atoms with Gasteiger partial charge in [-0.25, -0.2) is 0 Å². The summed E-state index contributed by atoms with van der Waals surface area (Å²) >= 11 is 1.27. The van der Waals surface area contributed by atoms with Crippen molar-refractivity contribution in [3.8, 4) is 0 Å². The van der Waals surface area contributed by atoms with Crippen molar-refractivity contribution in [2.45, 2.75) is 23.7 Å². The number of carboxylic acid groups (broad SMARTS) is 1. The van der Waals surface area contributed by atoms with E-state index in [-0.39, 0.29) is 6.61 Å². The lowest BCUT2D eigenvalue weighted by molar-refractivity contribution is -0.136. The van der Waals surface area contributed by atoms with E-state index >= 15 is 0 Å². The van der Waals surface area contributed by atoms with Crippen LogP contribution in [0.3, 0.4) is 0 Å². The molecule has 3 nitrogen and oxygen atoms in total. The Morgan fingerprint density at radius 1 is 1.57 bits per heavy atom. The second-order valence-electron chi connectivity index (χ2n) is 2.90. The molecule has 1 rings (SSSR count). The zero-order chi connectivity index (χ0) is 10.6. The van der Waals surface area contributed by atoms with E-state index in [4.69, 9.17) is 10.2 Å². The van der Waals surface area contributed by atoms with Crippen LogP contribution in [-0.4, -0.2) is 21.4 Å². The lowest BCUT2D eigenvalue weighted by Crippen LogP contribution is -2.10. The van der Waals surface area contributed by atoms with Crippen LogP contribution in [-0.2, 0) is 11.4 Å². The maximum absolute atomic E-state index is 10.6. The largest absolute Gasteiger partial charge is 0.480 e. The summed E-state index contributed by atoms with van der Waals surface area (Å²) in [5, 5.41) is 17.1. The highest BCUT2D eigenvalue weighted by atomic mass is 32.2. The van der Waals surface area contributed by atoms with E-state index in [1.807, 2.05) is 12.1 Å². The minimum atomic E-state index is -0.829. The standard InChI is InChI=1S/C10H12O3S/c1-7(10(12)13)14-9-4-2-3-8(5-9)6-11/h2-5,7,11H,6H2,1H3,(H,12,13). The molecule has 4 heteroatoms. The number of aliphatic carboxylic acids is 1. The lowest BCUT2D eigenvalue weighted by Gasteiger charge is -2.06. The number of hydrogen-bond donors (Lipinski definition) is 2. The van der Waals surface area contributed by atoms with Crippen LogP contribution in [0.2, 0.25) is 0 Å². The van der Waals surface area contributed by atoms with Crippen molar-refractivity contribution in [2.24, 2.45) is 0 Å². The smallest absolute Gasteiger partial charge is 0.316 e. The fourth-order valence-electron chi connectivity index (χ4n) is 0.972.